The molecular weight excluding hydrogens is 386 g/mol. The number of carboxylic acid groups (broad SMARTS) is 1. The molecule has 0 unspecified atom stereocenters. The molecule has 2 aromatic rings. The van der Waals surface area contributed by atoms with Gasteiger partial charge in [0.25, 0.3) is 10.0 Å². The number of rotatable bonds is 7. The summed E-state index contributed by atoms with van der Waals surface area (Å²) in [5, 5.41) is 20.7. The van der Waals surface area contributed by atoms with E-state index in [9.17, 15) is 18.3 Å². The van der Waals surface area contributed by atoms with Gasteiger partial charge in [-0.1, -0.05) is 6.07 Å². The molecule has 1 heterocycles. The Morgan fingerprint density at radius 3 is 2.68 bits per heavy atom. The van der Waals surface area contributed by atoms with Gasteiger partial charge in [0.1, 0.15) is 4.21 Å². The topological polar surface area (TPSA) is 113 Å². The fourth-order valence-electron chi connectivity index (χ4n) is 2.02. The van der Waals surface area contributed by atoms with Crippen molar-refractivity contribution in [1.82, 2.24) is 0 Å². The predicted octanol–water partition coefficient (Wildman–Crippen LogP) is 3.08. The number of hydrogen-bond acceptors (Lipinski definition) is 7. The van der Waals surface area contributed by atoms with E-state index in [1.165, 1.54) is 25.3 Å². The van der Waals surface area contributed by atoms with Gasteiger partial charge < -0.3 is 14.9 Å². The van der Waals surface area contributed by atoms with Gasteiger partial charge in [-0.25, -0.2) is 13.2 Å². The normalized spacial score (nSPS) is 11.6. The number of aliphatic carboxylic acids is 1. The lowest BCUT2D eigenvalue weighted by Gasteiger charge is -2.16. The van der Waals surface area contributed by atoms with E-state index in [0.29, 0.717) is 4.90 Å². The number of aromatic hydroxyl groups is 1. The molecule has 0 aliphatic heterocycles. The number of carboxylic acids is 1. The lowest BCUT2D eigenvalue weighted by atomic mass is 10.1. The monoisotopic (exact) mass is 401 g/mol. The van der Waals surface area contributed by atoms with Crippen LogP contribution in [-0.4, -0.2) is 38.0 Å². The van der Waals surface area contributed by atoms with Gasteiger partial charge in [0.2, 0.25) is 0 Å². The minimum atomic E-state index is -3.81. The highest BCUT2D eigenvalue weighted by Gasteiger charge is 2.22. The molecule has 0 amide bonds. The molecule has 0 bridgehead atoms. The molecule has 1 aromatic carbocycles. The van der Waals surface area contributed by atoms with Crippen LogP contribution in [0.4, 0.5) is 5.69 Å². The zero-order valence-corrected chi connectivity index (χ0v) is 15.7. The maximum absolute atomic E-state index is 12.5. The van der Waals surface area contributed by atoms with Crippen molar-refractivity contribution in [3.8, 4) is 11.5 Å². The minimum absolute atomic E-state index is 0.0201. The van der Waals surface area contributed by atoms with Crippen molar-refractivity contribution in [2.75, 3.05) is 18.1 Å². The molecule has 2 rings (SSSR count). The van der Waals surface area contributed by atoms with E-state index in [1.54, 1.807) is 17.7 Å². The van der Waals surface area contributed by atoms with Crippen molar-refractivity contribution in [1.29, 1.82) is 0 Å². The average molecular weight is 401 g/mol. The Kier molecular flexibility index (Phi) is 5.98. The minimum Gasteiger partial charge on any atom is -0.504 e. The Balaban J connectivity index is 2.61. The third-order valence-electron chi connectivity index (χ3n) is 3.07. The summed E-state index contributed by atoms with van der Waals surface area (Å²) in [6.45, 7) is 0. The second kappa shape index (κ2) is 7.81. The first kappa shape index (κ1) is 19.2. The van der Waals surface area contributed by atoms with E-state index >= 15 is 0 Å². The standard InChI is InChI=1S/C15H15NO6S3/c1-22-11-8-10(16-25(20,21)13-4-3-7-24-13)15(23-2)9(14(11)19)5-6-12(17)18/h3-8,16,19H,1-2H3,(H,17,18)/b6-5+. The molecule has 0 aliphatic rings. The Bertz CT molecular complexity index is 904. The number of hydrogen-bond donors (Lipinski definition) is 3. The quantitative estimate of drug-likeness (QED) is 0.371. The largest absolute Gasteiger partial charge is 0.504 e. The molecule has 134 valence electrons. The molecule has 0 fully saturated rings. The van der Waals surface area contributed by atoms with Crippen LogP contribution in [0.25, 0.3) is 6.08 Å². The van der Waals surface area contributed by atoms with Crippen LogP contribution >= 0.6 is 23.1 Å². The van der Waals surface area contributed by atoms with Gasteiger partial charge in [0.15, 0.2) is 11.5 Å². The van der Waals surface area contributed by atoms with Crippen LogP contribution in [0.5, 0.6) is 11.5 Å². The van der Waals surface area contributed by atoms with Crippen molar-refractivity contribution in [3.05, 3.63) is 35.2 Å². The Morgan fingerprint density at radius 1 is 1.44 bits per heavy atom. The molecular formula is C15H15NO6S3. The van der Waals surface area contributed by atoms with Crippen LogP contribution < -0.4 is 9.46 Å². The number of phenolic OH excluding ortho intramolecular Hbond substituents is 1. The second-order valence-corrected chi connectivity index (χ2v) is 8.30. The summed E-state index contributed by atoms with van der Waals surface area (Å²) >= 11 is 2.23. The van der Waals surface area contributed by atoms with E-state index in [2.05, 4.69) is 4.72 Å². The van der Waals surface area contributed by atoms with Gasteiger partial charge in [0, 0.05) is 22.6 Å². The number of anilines is 1. The molecule has 10 heteroatoms. The highest BCUT2D eigenvalue weighted by atomic mass is 32.2. The molecule has 0 radical (unpaired) electrons. The fraction of sp³-hybridized carbons (Fsp3) is 0.133. The number of thiophene rings is 1. The molecule has 0 saturated heterocycles. The summed E-state index contributed by atoms with van der Waals surface area (Å²) in [6, 6.07) is 4.44. The summed E-state index contributed by atoms with van der Waals surface area (Å²) in [6.07, 6.45) is 3.73. The van der Waals surface area contributed by atoms with Crippen LogP contribution in [0.3, 0.4) is 0 Å². The van der Waals surface area contributed by atoms with E-state index in [4.69, 9.17) is 9.84 Å². The van der Waals surface area contributed by atoms with E-state index in [1.807, 2.05) is 0 Å². The van der Waals surface area contributed by atoms with Gasteiger partial charge in [-0.05, 0) is 23.8 Å². The molecule has 0 aliphatic carbocycles. The predicted molar refractivity (Wildman–Crippen MR) is 98.2 cm³/mol. The van der Waals surface area contributed by atoms with Gasteiger partial charge in [-0.3, -0.25) is 4.72 Å². The molecule has 25 heavy (non-hydrogen) atoms. The molecule has 7 nitrogen and oxygen atoms in total. The highest BCUT2D eigenvalue weighted by Crippen LogP contribution is 2.43. The number of thioether (sulfide) groups is 1. The maximum Gasteiger partial charge on any atom is 0.328 e. The van der Waals surface area contributed by atoms with Crippen LogP contribution in [0.1, 0.15) is 5.56 Å². The summed E-state index contributed by atoms with van der Waals surface area (Å²) < 4.78 is 32.6. The lowest BCUT2D eigenvalue weighted by molar-refractivity contribution is -0.131. The summed E-state index contributed by atoms with van der Waals surface area (Å²) in [5.74, 6) is -1.45. The van der Waals surface area contributed by atoms with E-state index < -0.39 is 16.0 Å². The van der Waals surface area contributed by atoms with Gasteiger partial charge >= 0.3 is 5.97 Å². The number of methoxy groups -OCH3 is 1. The number of benzene rings is 1. The van der Waals surface area contributed by atoms with Crippen LogP contribution in [0.15, 0.2) is 38.8 Å². The van der Waals surface area contributed by atoms with Crippen molar-refractivity contribution < 1.29 is 28.2 Å². The number of ether oxygens (including phenoxy) is 1. The molecule has 0 saturated carbocycles. The van der Waals surface area contributed by atoms with E-state index in [0.717, 1.165) is 29.2 Å². The van der Waals surface area contributed by atoms with Crippen molar-refractivity contribution >= 4 is 50.9 Å². The first-order valence-electron chi connectivity index (χ1n) is 6.75. The van der Waals surface area contributed by atoms with Gasteiger partial charge in [0.05, 0.1) is 12.8 Å². The number of nitrogens with one attached hydrogen (secondary N) is 1. The van der Waals surface area contributed by atoms with Crippen molar-refractivity contribution in [2.24, 2.45) is 0 Å². The first-order chi connectivity index (χ1) is 11.8. The zero-order valence-electron chi connectivity index (χ0n) is 13.2. The summed E-state index contributed by atoms with van der Waals surface area (Å²) in [7, 11) is -2.50. The third kappa shape index (κ3) is 4.27. The fourth-order valence-corrected chi connectivity index (χ4v) is 4.86. The second-order valence-electron chi connectivity index (χ2n) is 4.63. The van der Waals surface area contributed by atoms with Crippen LogP contribution in [0, 0.1) is 0 Å². The third-order valence-corrected chi connectivity index (χ3v) is 6.69. The zero-order chi connectivity index (χ0) is 18.6. The van der Waals surface area contributed by atoms with Crippen LogP contribution in [-0.2, 0) is 14.8 Å². The van der Waals surface area contributed by atoms with E-state index in [-0.39, 0.29) is 27.0 Å². The Hall–Kier alpha value is -2.17. The first-order valence-corrected chi connectivity index (χ1v) is 10.3. The number of carbonyl (C=O) groups is 1. The SMILES string of the molecule is COc1cc(NS(=O)(=O)c2cccs2)c(SC)c(/C=C/C(=O)O)c1O. The van der Waals surface area contributed by atoms with Crippen molar-refractivity contribution in [3.63, 3.8) is 0 Å². The lowest BCUT2D eigenvalue weighted by Crippen LogP contribution is -2.12. The smallest absolute Gasteiger partial charge is 0.328 e. The number of sulfonamides is 1. The molecule has 0 atom stereocenters. The summed E-state index contributed by atoms with van der Waals surface area (Å²) in [4.78, 5) is 11.2. The Labute approximate surface area is 153 Å². The molecule has 1 aromatic heterocycles. The number of phenols is 1. The molecule has 3 N–H and O–H groups in total. The van der Waals surface area contributed by atoms with Crippen LogP contribution in [0.2, 0.25) is 0 Å². The molecule has 0 spiro atoms. The highest BCUT2D eigenvalue weighted by molar-refractivity contribution is 7.99. The van der Waals surface area contributed by atoms with Crippen molar-refractivity contribution in [2.45, 2.75) is 9.10 Å². The van der Waals surface area contributed by atoms with Gasteiger partial charge in [-0.2, -0.15) is 0 Å². The Morgan fingerprint density at radius 2 is 2.16 bits per heavy atom. The summed E-state index contributed by atoms with van der Waals surface area (Å²) in [5.41, 5.74) is 0.332. The average Bonchev–Trinajstić information content (AvgIpc) is 3.09. The maximum atomic E-state index is 12.5. The van der Waals surface area contributed by atoms with Gasteiger partial charge in [-0.15, -0.1) is 23.1 Å².